The summed E-state index contributed by atoms with van der Waals surface area (Å²) in [6, 6.07) is 2.15. The van der Waals surface area contributed by atoms with Crippen LogP contribution in [0.25, 0.3) is 0 Å². The highest BCUT2D eigenvalue weighted by Crippen LogP contribution is 2.65. The van der Waals surface area contributed by atoms with Gasteiger partial charge in [0.2, 0.25) is 0 Å². The summed E-state index contributed by atoms with van der Waals surface area (Å²) in [4.78, 5) is 51.2. The van der Waals surface area contributed by atoms with Gasteiger partial charge in [-0.1, -0.05) is 19.9 Å². The summed E-state index contributed by atoms with van der Waals surface area (Å²) in [6.07, 6.45) is 0.443. The molecule has 12 heteroatoms. The number of aliphatic carboxylic acids is 1. The number of carboxylic acid groups (broad SMARTS) is 1. The zero-order chi connectivity index (χ0) is 30.6. The summed E-state index contributed by atoms with van der Waals surface area (Å²) in [5.41, 5.74) is -0.335. The van der Waals surface area contributed by atoms with Crippen molar-refractivity contribution < 1.29 is 48.7 Å². The van der Waals surface area contributed by atoms with Crippen molar-refractivity contribution in [3.63, 3.8) is 0 Å². The maximum Gasteiger partial charge on any atom is 0.326 e. The van der Waals surface area contributed by atoms with Crippen LogP contribution in [0.2, 0.25) is 0 Å². The smallest absolute Gasteiger partial charge is 0.326 e. The highest BCUT2D eigenvalue weighted by molar-refractivity contribution is 5.88. The van der Waals surface area contributed by atoms with Crippen molar-refractivity contribution in [1.29, 1.82) is 0 Å². The molecule has 12 nitrogen and oxygen atoms in total. The second-order valence-corrected chi connectivity index (χ2v) is 12.2. The van der Waals surface area contributed by atoms with E-state index in [0.29, 0.717) is 25.1 Å². The van der Waals surface area contributed by atoms with Crippen molar-refractivity contribution in [2.75, 3.05) is 13.6 Å². The van der Waals surface area contributed by atoms with Crippen molar-refractivity contribution in [3.05, 3.63) is 35.1 Å². The fourth-order valence-corrected chi connectivity index (χ4v) is 7.12. The van der Waals surface area contributed by atoms with E-state index < -0.39 is 53.1 Å². The number of hydrogen-bond acceptors (Lipinski definition) is 10. The van der Waals surface area contributed by atoms with Crippen molar-refractivity contribution in [2.45, 2.75) is 94.6 Å². The van der Waals surface area contributed by atoms with Gasteiger partial charge >= 0.3 is 17.9 Å². The summed E-state index contributed by atoms with van der Waals surface area (Å²) in [5, 5.41) is 34.5. The van der Waals surface area contributed by atoms with E-state index in [1.807, 2.05) is 27.0 Å². The highest BCUT2D eigenvalue weighted by atomic mass is 16.6. The molecule has 2 bridgehead atoms. The Bertz CT molecular complexity index is 1340. The number of ether oxygens (including phenoxy) is 3. The second kappa shape index (κ2) is 10.9. The fourth-order valence-electron chi connectivity index (χ4n) is 7.12. The first-order chi connectivity index (χ1) is 19.8. The zero-order valence-corrected chi connectivity index (χ0v) is 24.2. The van der Waals surface area contributed by atoms with Crippen LogP contribution in [0.4, 0.5) is 0 Å². The highest BCUT2D eigenvalue weighted by Gasteiger charge is 2.72. The van der Waals surface area contributed by atoms with Gasteiger partial charge in [-0.2, -0.15) is 0 Å². The van der Waals surface area contributed by atoms with Crippen molar-refractivity contribution >= 4 is 23.8 Å². The largest absolute Gasteiger partial charge is 0.504 e. The van der Waals surface area contributed by atoms with Gasteiger partial charge in [0.25, 0.3) is 5.91 Å². The predicted molar refractivity (Wildman–Crippen MR) is 146 cm³/mol. The first kappa shape index (κ1) is 29.8. The second-order valence-electron chi connectivity index (χ2n) is 12.2. The molecule has 0 aromatic heterocycles. The number of hydrogen-bond donors (Lipinski definition) is 4. The normalized spacial score (nSPS) is 28.6. The first-order valence-corrected chi connectivity index (χ1v) is 14.4. The minimum Gasteiger partial charge on any atom is -0.504 e. The maximum absolute atomic E-state index is 12.9. The lowest BCUT2D eigenvalue weighted by Gasteiger charge is -2.61. The minimum absolute atomic E-state index is 0.0264. The van der Waals surface area contributed by atoms with Crippen molar-refractivity contribution in [2.24, 2.45) is 5.92 Å². The van der Waals surface area contributed by atoms with Gasteiger partial charge in [0.1, 0.15) is 11.8 Å². The Kier molecular flexibility index (Phi) is 7.73. The van der Waals surface area contributed by atoms with Gasteiger partial charge in [-0.15, -0.1) is 0 Å². The third kappa shape index (κ3) is 4.80. The molecule has 42 heavy (non-hydrogen) atoms. The Balaban J connectivity index is 1.23. The van der Waals surface area contributed by atoms with Crippen LogP contribution >= 0.6 is 0 Å². The Morgan fingerprint density at radius 1 is 1.17 bits per heavy atom. The van der Waals surface area contributed by atoms with Crippen LogP contribution in [0.3, 0.4) is 0 Å². The molecule has 0 saturated carbocycles. The Morgan fingerprint density at radius 2 is 1.88 bits per heavy atom. The molecule has 1 aromatic rings. The molecule has 4 N–H and O–H groups in total. The van der Waals surface area contributed by atoms with E-state index in [-0.39, 0.29) is 49.2 Å². The number of nitrogens with zero attached hydrogens (tertiary/aromatic N) is 1. The van der Waals surface area contributed by atoms with Gasteiger partial charge < -0.3 is 39.7 Å². The quantitative estimate of drug-likeness (QED) is 0.293. The predicted octanol–water partition coefficient (Wildman–Crippen LogP) is 1.54. The molecular formula is C30H38N2O10. The number of likely N-dealkylation sites (N-methyl/N-ethyl adjacent to an activating group) is 1. The molecule has 1 fully saturated rings. The molecule has 2 aliphatic heterocycles. The summed E-state index contributed by atoms with van der Waals surface area (Å²) < 4.78 is 17.1. The Morgan fingerprint density at radius 3 is 2.57 bits per heavy atom. The van der Waals surface area contributed by atoms with Gasteiger partial charge in [0, 0.05) is 18.0 Å². The molecule has 228 valence electrons. The average Bonchev–Trinajstić information content (AvgIpc) is 3.28. The molecule has 1 saturated heterocycles. The zero-order valence-electron chi connectivity index (χ0n) is 24.2. The van der Waals surface area contributed by atoms with E-state index in [4.69, 9.17) is 14.2 Å². The topological polar surface area (TPSA) is 172 Å². The van der Waals surface area contributed by atoms with Crippen LogP contribution in [0.5, 0.6) is 11.5 Å². The number of carbonyl (C=O) groups is 4. The number of carboxylic acids is 1. The molecule has 6 atom stereocenters. The van der Waals surface area contributed by atoms with Crippen molar-refractivity contribution in [3.8, 4) is 11.5 Å². The molecule has 1 aromatic carbocycles. The number of likely N-dealkylation sites (tertiary alicyclic amines) is 1. The van der Waals surface area contributed by atoms with E-state index in [9.17, 15) is 34.5 Å². The van der Waals surface area contributed by atoms with Crippen molar-refractivity contribution in [1.82, 2.24) is 10.2 Å². The van der Waals surface area contributed by atoms with E-state index in [2.05, 4.69) is 10.2 Å². The molecule has 4 aliphatic rings. The standard InChI is InChI=1S/C30H38N2O10/c1-15(2)13-18(28(37)38)31-27(36)16(3)40-22(34)7-8-23(35)41-20-9-10-30(39)21-14-17-5-6-19(33)25-24(17)29(30,26(20)42-25)11-12-32(21)4/h5-6,9,15-16,18,21,26,33,39H,7-8,10-14H2,1-4H3,(H,31,36)(H,37,38)/t16?,18?,21-,26+,29+,30-/m1/s1. The minimum atomic E-state index is -1.25. The van der Waals surface area contributed by atoms with Crippen LogP contribution in [-0.2, 0) is 40.5 Å². The molecule has 2 heterocycles. The van der Waals surface area contributed by atoms with Gasteiger partial charge in [-0.25, -0.2) is 4.79 Å². The number of aliphatic hydroxyl groups is 1. The number of piperidine rings is 1. The molecule has 5 rings (SSSR count). The van der Waals surface area contributed by atoms with Gasteiger partial charge in [-0.05, 0) is 63.4 Å². The van der Waals surface area contributed by atoms with E-state index in [1.54, 1.807) is 12.1 Å². The first-order valence-electron chi connectivity index (χ1n) is 14.4. The van der Waals surface area contributed by atoms with Gasteiger partial charge in [-0.3, -0.25) is 14.4 Å². The molecule has 2 aliphatic carbocycles. The number of carbonyl (C=O) groups excluding carboxylic acids is 3. The number of phenols is 1. The third-order valence-corrected chi connectivity index (χ3v) is 9.12. The number of rotatable bonds is 10. The lowest BCUT2D eigenvalue weighted by atomic mass is 9.50. The van der Waals surface area contributed by atoms with E-state index in [0.717, 1.165) is 11.1 Å². The Hall–Kier alpha value is -3.64. The van der Waals surface area contributed by atoms with Crippen LogP contribution in [0.15, 0.2) is 24.0 Å². The summed E-state index contributed by atoms with van der Waals surface area (Å²) in [7, 11) is 1.98. The van der Waals surface area contributed by atoms with Crippen LogP contribution < -0.4 is 10.1 Å². The van der Waals surface area contributed by atoms with Gasteiger partial charge in [0.05, 0.1) is 23.9 Å². The molecular weight excluding hydrogens is 548 g/mol. The number of benzene rings is 1. The number of esters is 2. The van der Waals surface area contributed by atoms with Crippen LogP contribution in [0.1, 0.15) is 64.0 Å². The lowest BCUT2D eigenvalue weighted by molar-refractivity contribution is -0.169. The molecule has 1 spiro atoms. The summed E-state index contributed by atoms with van der Waals surface area (Å²) in [6.45, 7) is 5.66. The Labute approximate surface area is 243 Å². The van der Waals surface area contributed by atoms with E-state index in [1.165, 1.54) is 6.92 Å². The molecule has 1 amide bonds. The average molecular weight is 587 g/mol. The van der Waals surface area contributed by atoms with Gasteiger partial charge in [0.15, 0.2) is 23.7 Å². The number of aromatic hydroxyl groups is 1. The monoisotopic (exact) mass is 586 g/mol. The lowest BCUT2D eigenvalue weighted by Crippen LogP contribution is -2.74. The number of phenolic OH excluding ortho intramolecular Hbond substituents is 1. The number of amides is 1. The SMILES string of the molecule is CC(C)CC(NC(=O)C(C)OC(=O)CCC(=O)OC1=CC[C@@]2(O)[C@H]3Cc4ccc(O)c5c4[C@@]2(CCN3C)[C@H]1O5)C(=O)O. The third-order valence-electron chi connectivity index (χ3n) is 9.12. The molecule has 2 unspecified atom stereocenters. The summed E-state index contributed by atoms with van der Waals surface area (Å²) >= 11 is 0. The van der Waals surface area contributed by atoms with Crippen LogP contribution in [-0.4, -0.2) is 87.5 Å². The maximum atomic E-state index is 12.9. The fraction of sp³-hybridized carbons (Fsp3) is 0.600. The molecule has 0 radical (unpaired) electrons. The van der Waals surface area contributed by atoms with Crippen LogP contribution in [0, 0.1) is 5.92 Å². The summed E-state index contributed by atoms with van der Waals surface area (Å²) in [5.74, 6) is -2.95. The number of nitrogens with one attached hydrogen (secondary N) is 1. The van der Waals surface area contributed by atoms with E-state index >= 15 is 0 Å².